The predicted octanol–water partition coefficient (Wildman–Crippen LogP) is 5.95. The highest BCUT2D eigenvalue weighted by Gasteiger charge is 2.40. The molecule has 3 N–H and O–H groups in total. The molecule has 1 aliphatic carbocycles. The third kappa shape index (κ3) is 5.65. The van der Waals surface area contributed by atoms with Gasteiger partial charge in [-0.2, -0.15) is 0 Å². The average Bonchev–Trinajstić information content (AvgIpc) is 3.24. The van der Waals surface area contributed by atoms with Crippen molar-refractivity contribution in [3.63, 3.8) is 0 Å². The van der Waals surface area contributed by atoms with Crippen LogP contribution >= 0.6 is 0 Å². The maximum absolute atomic E-state index is 13.4. The van der Waals surface area contributed by atoms with Gasteiger partial charge in [0, 0.05) is 17.3 Å². The SMILES string of the molecule is CC(C)(C(=O)NC1CCCC1O)C(Cc1ccccc1)c1ccc(Nc2ccc(F)cc2)cc1. The van der Waals surface area contributed by atoms with Crippen molar-refractivity contribution in [3.05, 3.63) is 95.8 Å². The van der Waals surface area contributed by atoms with E-state index < -0.39 is 11.5 Å². The lowest BCUT2D eigenvalue weighted by molar-refractivity contribution is -0.132. The summed E-state index contributed by atoms with van der Waals surface area (Å²) in [4.78, 5) is 13.4. The van der Waals surface area contributed by atoms with Gasteiger partial charge in [-0.1, -0.05) is 56.3 Å². The summed E-state index contributed by atoms with van der Waals surface area (Å²) in [5.74, 6) is -0.364. The second kappa shape index (κ2) is 10.4. The summed E-state index contributed by atoms with van der Waals surface area (Å²) in [6, 6.07) is 24.4. The number of halogens is 1. The quantitative estimate of drug-likeness (QED) is 0.389. The van der Waals surface area contributed by atoms with Gasteiger partial charge in [0.15, 0.2) is 0 Å². The van der Waals surface area contributed by atoms with Crippen LogP contribution in [0, 0.1) is 11.2 Å². The molecule has 0 heterocycles. The van der Waals surface area contributed by atoms with E-state index in [0.29, 0.717) is 0 Å². The Morgan fingerprint density at radius 2 is 1.59 bits per heavy atom. The number of hydrogen-bond acceptors (Lipinski definition) is 3. The molecule has 178 valence electrons. The number of carbonyl (C=O) groups excluding carboxylic acids is 1. The van der Waals surface area contributed by atoms with Gasteiger partial charge in [-0.25, -0.2) is 4.39 Å². The van der Waals surface area contributed by atoms with Crippen molar-refractivity contribution >= 4 is 17.3 Å². The fraction of sp³-hybridized carbons (Fsp3) is 0.345. The molecule has 1 saturated carbocycles. The minimum absolute atomic E-state index is 0.0344. The first-order valence-electron chi connectivity index (χ1n) is 12.0. The van der Waals surface area contributed by atoms with Crippen molar-refractivity contribution in [3.8, 4) is 0 Å². The van der Waals surface area contributed by atoms with E-state index in [2.05, 4.69) is 34.9 Å². The molecule has 4 rings (SSSR count). The third-order valence-corrected chi connectivity index (χ3v) is 6.98. The molecule has 0 bridgehead atoms. The largest absolute Gasteiger partial charge is 0.391 e. The Morgan fingerprint density at radius 3 is 2.18 bits per heavy atom. The van der Waals surface area contributed by atoms with Gasteiger partial charge in [0.1, 0.15) is 5.82 Å². The van der Waals surface area contributed by atoms with Gasteiger partial charge in [0.25, 0.3) is 0 Å². The maximum atomic E-state index is 13.4. The second-order valence-corrected chi connectivity index (χ2v) is 9.80. The molecule has 34 heavy (non-hydrogen) atoms. The van der Waals surface area contributed by atoms with E-state index >= 15 is 0 Å². The standard InChI is InChI=1S/C29H33FN2O2/c1-29(2,28(34)32-26-9-6-10-27(26)33)25(19-20-7-4-3-5-8-20)21-11-15-23(16-12-21)31-24-17-13-22(30)14-18-24/h3-5,7-8,11-18,25-27,31,33H,6,9-10,19H2,1-2H3,(H,32,34). The van der Waals surface area contributed by atoms with Gasteiger partial charge in [-0.3, -0.25) is 4.79 Å². The van der Waals surface area contributed by atoms with E-state index in [1.807, 2.05) is 44.2 Å². The van der Waals surface area contributed by atoms with Gasteiger partial charge in [-0.15, -0.1) is 0 Å². The van der Waals surface area contributed by atoms with Crippen molar-refractivity contribution in [2.24, 2.45) is 5.41 Å². The lowest BCUT2D eigenvalue weighted by atomic mass is 9.71. The van der Waals surface area contributed by atoms with Crippen molar-refractivity contribution in [2.45, 2.75) is 57.6 Å². The lowest BCUT2D eigenvalue weighted by Gasteiger charge is -2.35. The van der Waals surface area contributed by atoms with Crippen LogP contribution in [0.5, 0.6) is 0 Å². The number of aliphatic hydroxyl groups excluding tert-OH is 1. The zero-order chi connectivity index (χ0) is 24.1. The summed E-state index contributed by atoms with van der Waals surface area (Å²) in [6.45, 7) is 3.98. The molecule has 1 fully saturated rings. The smallest absolute Gasteiger partial charge is 0.226 e. The number of nitrogens with one attached hydrogen (secondary N) is 2. The molecule has 0 saturated heterocycles. The van der Waals surface area contributed by atoms with Crippen LogP contribution in [-0.4, -0.2) is 23.2 Å². The van der Waals surface area contributed by atoms with E-state index in [9.17, 15) is 14.3 Å². The van der Waals surface area contributed by atoms with Crippen LogP contribution in [0.2, 0.25) is 0 Å². The van der Waals surface area contributed by atoms with Crippen LogP contribution in [0.15, 0.2) is 78.9 Å². The molecule has 0 radical (unpaired) electrons. The first-order chi connectivity index (χ1) is 16.3. The minimum atomic E-state index is -0.690. The Morgan fingerprint density at radius 1 is 0.971 bits per heavy atom. The van der Waals surface area contributed by atoms with Crippen molar-refractivity contribution in [1.29, 1.82) is 0 Å². The summed E-state index contributed by atoms with van der Waals surface area (Å²) in [6.07, 6.45) is 2.74. The molecule has 0 aromatic heterocycles. The topological polar surface area (TPSA) is 61.4 Å². The van der Waals surface area contributed by atoms with Crippen molar-refractivity contribution in [1.82, 2.24) is 5.32 Å². The second-order valence-electron chi connectivity index (χ2n) is 9.80. The first-order valence-corrected chi connectivity index (χ1v) is 12.0. The van der Waals surface area contributed by atoms with Gasteiger partial charge >= 0.3 is 0 Å². The molecule has 3 atom stereocenters. The lowest BCUT2D eigenvalue weighted by Crippen LogP contribution is -2.48. The molecular formula is C29H33FN2O2. The van der Waals surface area contributed by atoms with E-state index in [1.165, 1.54) is 17.7 Å². The molecule has 5 heteroatoms. The average molecular weight is 461 g/mol. The van der Waals surface area contributed by atoms with Gasteiger partial charge < -0.3 is 15.7 Å². The molecule has 3 aromatic rings. The number of amides is 1. The van der Waals surface area contributed by atoms with Crippen LogP contribution in [-0.2, 0) is 11.2 Å². The van der Waals surface area contributed by atoms with Crippen molar-refractivity contribution in [2.75, 3.05) is 5.32 Å². The number of aliphatic hydroxyl groups is 1. The Hall–Kier alpha value is -3.18. The Bertz CT molecular complexity index is 1080. The molecule has 0 aliphatic heterocycles. The number of benzene rings is 3. The summed E-state index contributed by atoms with van der Waals surface area (Å²) in [7, 11) is 0. The molecule has 3 aromatic carbocycles. The number of carbonyl (C=O) groups is 1. The van der Waals surface area contributed by atoms with Gasteiger partial charge in [-0.05, 0) is 73.2 Å². The summed E-state index contributed by atoms with van der Waals surface area (Å²) in [5.41, 5.74) is 3.25. The molecular weight excluding hydrogens is 427 g/mol. The zero-order valence-corrected chi connectivity index (χ0v) is 19.8. The normalized spacial score (nSPS) is 18.9. The Balaban J connectivity index is 1.57. The fourth-order valence-corrected chi connectivity index (χ4v) is 4.76. The summed E-state index contributed by atoms with van der Waals surface area (Å²) < 4.78 is 13.2. The van der Waals surface area contributed by atoms with Crippen LogP contribution in [0.25, 0.3) is 0 Å². The fourth-order valence-electron chi connectivity index (χ4n) is 4.76. The van der Waals surface area contributed by atoms with Crippen LogP contribution in [0.4, 0.5) is 15.8 Å². The predicted molar refractivity (Wildman–Crippen MR) is 135 cm³/mol. The first kappa shape index (κ1) is 24.0. The Kier molecular flexibility index (Phi) is 7.32. The number of rotatable bonds is 8. The maximum Gasteiger partial charge on any atom is 0.226 e. The van der Waals surface area contributed by atoms with Crippen LogP contribution in [0.1, 0.15) is 50.2 Å². The molecule has 3 unspecified atom stereocenters. The summed E-state index contributed by atoms with van der Waals surface area (Å²) in [5, 5.41) is 16.6. The third-order valence-electron chi connectivity index (χ3n) is 6.98. The van der Waals surface area contributed by atoms with Crippen LogP contribution in [0.3, 0.4) is 0 Å². The number of hydrogen-bond donors (Lipinski definition) is 3. The molecule has 1 amide bonds. The molecule has 4 nitrogen and oxygen atoms in total. The monoisotopic (exact) mass is 460 g/mol. The number of anilines is 2. The van der Waals surface area contributed by atoms with Gasteiger partial charge in [0.2, 0.25) is 5.91 Å². The van der Waals surface area contributed by atoms with Gasteiger partial charge in [0.05, 0.1) is 17.6 Å². The highest BCUT2D eigenvalue weighted by atomic mass is 19.1. The van der Waals surface area contributed by atoms with Crippen molar-refractivity contribution < 1.29 is 14.3 Å². The van der Waals surface area contributed by atoms with Crippen LogP contribution < -0.4 is 10.6 Å². The zero-order valence-electron chi connectivity index (χ0n) is 19.8. The van der Waals surface area contributed by atoms with E-state index in [-0.39, 0.29) is 23.7 Å². The Labute approximate surface area is 201 Å². The summed E-state index contributed by atoms with van der Waals surface area (Å²) >= 11 is 0. The highest BCUT2D eigenvalue weighted by Crippen LogP contribution is 2.39. The molecule has 1 aliphatic rings. The highest BCUT2D eigenvalue weighted by molar-refractivity contribution is 5.83. The minimum Gasteiger partial charge on any atom is -0.391 e. The van der Waals surface area contributed by atoms with E-state index in [1.54, 1.807) is 12.1 Å². The van der Waals surface area contributed by atoms with E-state index in [0.717, 1.165) is 42.6 Å². The van der Waals surface area contributed by atoms with E-state index in [4.69, 9.17) is 0 Å². The molecule has 0 spiro atoms.